The van der Waals surface area contributed by atoms with Gasteiger partial charge in [0, 0.05) is 19.1 Å². The normalized spacial score (nSPS) is 22.1. The molecule has 0 bridgehead atoms. The molecule has 1 saturated heterocycles. The maximum atomic E-state index is 12.3. The van der Waals surface area contributed by atoms with Crippen molar-refractivity contribution in [1.29, 1.82) is 0 Å². The van der Waals surface area contributed by atoms with Crippen molar-refractivity contribution in [1.82, 2.24) is 15.1 Å². The predicted molar refractivity (Wildman–Crippen MR) is 77.8 cm³/mol. The number of rotatable bonds is 5. The molecule has 2 unspecified atom stereocenters. The number of aliphatic carboxylic acids is 1. The summed E-state index contributed by atoms with van der Waals surface area (Å²) in [7, 11) is 2.04. The molecule has 20 heavy (non-hydrogen) atoms. The summed E-state index contributed by atoms with van der Waals surface area (Å²) in [6, 6.07) is -0.935. The number of amides is 2. The lowest BCUT2D eigenvalue weighted by molar-refractivity contribution is -0.139. The molecule has 6 heteroatoms. The highest BCUT2D eigenvalue weighted by atomic mass is 16.4. The van der Waals surface area contributed by atoms with E-state index < -0.39 is 12.0 Å². The van der Waals surface area contributed by atoms with Crippen LogP contribution in [0.1, 0.15) is 39.5 Å². The molecule has 2 N–H and O–H groups in total. The Labute approximate surface area is 121 Å². The lowest BCUT2D eigenvalue weighted by Gasteiger charge is -2.29. The van der Waals surface area contributed by atoms with Crippen molar-refractivity contribution >= 4 is 12.0 Å². The SMILES string of the molecule is CCCCC(NC(=O)N1CCCN(C)CC1C)C(=O)O. The Morgan fingerprint density at radius 2 is 2.10 bits per heavy atom. The standard InChI is InChI=1S/C14H27N3O3/c1-4-5-7-12(13(18)19)15-14(20)17-9-6-8-16(3)10-11(17)2/h11-12H,4-10H2,1-3H3,(H,15,20)(H,18,19). The van der Waals surface area contributed by atoms with Gasteiger partial charge in [0.05, 0.1) is 0 Å². The summed E-state index contributed by atoms with van der Waals surface area (Å²) in [6.45, 7) is 6.47. The van der Waals surface area contributed by atoms with Crippen LogP contribution in [0, 0.1) is 0 Å². The molecule has 0 aromatic heterocycles. The topological polar surface area (TPSA) is 72.9 Å². The zero-order chi connectivity index (χ0) is 15.1. The number of nitrogens with zero attached hydrogens (tertiary/aromatic N) is 2. The highest BCUT2D eigenvalue weighted by molar-refractivity contribution is 5.82. The fraction of sp³-hybridized carbons (Fsp3) is 0.857. The third kappa shape index (κ3) is 5.00. The largest absolute Gasteiger partial charge is 0.480 e. The molecule has 6 nitrogen and oxygen atoms in total. The van der Waals surface area contributed by atoms with Crippen molar-refractivity contribution in [3.63, 3.8) is 0 Å². The Kier molecular flexibility index (Phi) is 6.78. The average molecular weight is 285 g/mol. The number of carboxylic acid groups (broad SMARTS) is 1. The Morgan fingerprint density at radius 1 is 1.40 bits per heavy atom. The molecule has 2 atom stereocenters. The van der Waals surface area contributed by atoms with Crippen LogP contribution >= 0.6 is 0 Å². The van der Waals surface area contributed by atoms with E-state index in [-0.39, 0.29) is 12.1 Å². The highest BCUT2D eigenvalue weighted by Crippen LogP contribution is 2.10. The van der Waals surface area contributed by atoms with E-state index >= 15 is 0 Å². The molecule has 1 fully saturated rings. The van der Waals surface area contributed by atoms with Crippen LogP contribution in [-0.2, 0) is 4.79 Å². The molecular weight excluding hydrogens is 258 g/mol. The number of urea groups is 1. The number of hydrogen-bond donors (Lipinski definition) is 2. The third-order valence-electron chi connectivity index (χ3n) is 3.75. The van der Waals surface area contributed by atoms with Crippen LogP contribution in [0.25, 0.3) is 0 Å². The quantitative estimate of drug-likeness (QED) is 0.800. The zero-order valence-electron chi connectivity index (χ0n) is 12.8. The van der Waals surface area contributed by atoms with Crippen LogP contribution < -0.4 is 5.32 Å². The fourth-order valence-corrected chi connectivity index (χ4v) is 2.57. The molecule has 1 heterocycles. The maximum Gasteiger partial charge on any atom is 0.326 e. The maximum absolute atomic E-state index is 12.3. The van der Waals surface area contributed by atoms with Crippen LogP contribution in [0.15, 0.2) is 0 Å². The summed E-state index contributed by atoms with van der Waals surface area (Å²) in [6.07, 6.45) is 3.13. The van der Waals surface area contributed by atoms with Crippen LogP contribution in [0.2, 0.25) is 0 Å². The summed E-state index contributed by atoms with van der Waals surface area (Å²) in [4.78, 5) is 27.4. The lowest BCUT2D eigenvalue weighted by atomic mass is 10.1. The zero-order valence-corrected chi connectivity index (χ0v) is 12.8. The smallest absolute Gasteiger partial charge is 0.326 e. The molecule has 0 saturated carbocycles. The lowest BCUT2D eigenvalue weighted by Crippen LogP contribution is -2.51. The van der Waals surface area contributed by atoms with Gasteiger partial charge in [0.1, 0.15) is 6.04 Å². The van der Waals surface area contributed by atoms with Crippen LogP contribution in [0.5, 0.6) is 0 Å². The van der Waals surface area contributed by atoms with Gasteiger partial charge in [0.2, 0.25) is 0 Å². The first kappa shape index (κ1) is 16.8. The first-order valence-electron chi connectivity index (χ1n) is 7.44. The number of unbranched alkanes of at least 4 members (excludes halogenated alkanes) is 1. The Morgan fingerprint density at radius 3 is 2.70 bits per heavy atom. The number of nitrogens with one attached hydrogen (secondary N) is 1. The molecule has 0 spiro atoms. The highest BCUT2D eigenvalue weighted by Gasteiger charge is 2.27. The molecule has 2 amide bonds. The molecule has 0 aromatic carbocycles. The van der Waals surface area contributed by atoms with Gasteiger partial charge >= 0.3 is 12.0 Å². The van der Waals surface area contributed by atoms with Gasteiger partial charge in [0.25, 0.3) is 0 Å². The second kappa shape index (κ2) is 8.09. The third-order valence-corrected chi connectivity index (χ3v) is 3.75. The van der Waals surface area contributed by atoms with Gasteiger partial charge in [-0.3, -0.25) is 0 Å². The monoisotopic (exact) mass is 285 g/mol. The molecular formula is C14H27N3O3. The number of carboxylic acids is 1. The van der Waals surface area contributed by atoms with Crippen molar-refractivity contribution < 1.29 is 14.7 Å². The van der Waals surface area contributed by atoms with Gasteiger partial charge in [-0.05, 0) is 33.4 Å². The van der Waals surface area contributed by atoms with Crippen molar-refractivity contribution in [2.75, 3.05) is 26.7 Å². The number of hydrogen-bond acceptors (Lipinski definition) is 3. The van der Waals surface area contributed by atoms with Crippen molar-refractivity contribution in [3.05, 3.63) is 0 Å². The van der Waals surface area contributed by atoms with Gasteiger partial charge < -0.3 is 20.2 Å². The summed E-state index contributed by atoms with van der Waals surface area (Å²) >= 11 is 0. The first-order chi connectivity index (χ1) is 9.45. The summed E-state index contributed by atoms with van der Waals surface area (Å²) < 4.78 is 0. The Bertz CT molecular complexity index is 336. The molecule has 1 aliphatic rings. The molecule has 0 aromatic rings. The van der Waals surface area contributed by atoms with Gasteiger partial charge in [-0.1, -0.05) is 19.8 Å². The number of likely N-dealkylation sites (N-methyl/N-ethyl adjacent to an activating group) is 1. The average Bonchev–Trinajstić information content (AvgIpc) is 2.54. The van der Waals surface area contributed by atoms with Gasteiger partial charge in [0.15, 0.2) is 0 Å². The summed E-state index contributed by atoms with van der Waals surface area (Å²) in [5, 5.41) is 11.8. The first-order valence-corrected chi connectivity index (χ1v) is 7.44. The van der Waals surface area contributed by atoms with E-state index in [0.717, 1.165) is 32.4 Å². The van der Waals surface area contributed by atoms with Gasteiger partial charge in [-0.2, -0.15) is 0 Å². The van der Waals surface area contributed by atoms with Crippen molar-refractivity contribution in [3.8, 4) is 0 Å². The second-order valence-corrected chi connectivity index (χ2v) is 5.64. The molecule has 1 rings (SSSR count). The van der Waals surface area contributed by atoms with Crippen molar-refractivity contribution in [2.24, 2.45) is 0 Å². The van der Waals surface area contributed by atoms with E-state index in [1.807, 2.05) is 20.9 Å². The Balaban J connectivity index is 2.60. The van der Waals surface area contributed by atoms with Gasteiger partial charge in [-0.15, -0.1) is 0 Å². The van der Waals surface area contributed by atoms with Crippen LogP contribution in [0.4, 0.5) is 4.79 Å². The van der Waals surface area contributed by atoms with Gasteiger partial charge in [-0.25, -0.2) is 9.59 Å². The second-order valence-electron chi connectivity index (χ2n) is 5.64. The fourth-order valence-electron chi connectivity index (χ4n) is 2.57. The van der Waals surface area contributed by atoms with E-state index in [2.05, 4.69) is 10.2 Å². The summed E-state index contributed by atoms with van der Waals surface area (Å²) in [5.74, 6) is -0.952. The van der Waals surface area contributed by atoms with E-state index in [1.165, 1.54) is 0 Å². The number of carbonyl (C=O) groups excluding carboxylic acids is 1. The van der Waals surface area contributed by atoms with E-state index in [0.29, 0.717) is 13.0 Å². The minimum absolute atomic E-state index is 0.100. The number of carbonyl (C=O) groups is 2. The molecule has 116 valence electrons. The predicted octanol–water partition coefficient (Wildman–Crippen LogP) is 1.37. The van der Waals surface area contributed by atoms with E-state index in [9.17, 15) is 9.59 Å². The summed E-state index contributed by atoms with van der Waals surface area (Å²) in [5.41, 5.74) is 0. The molecule has 1 aliphatic heterocycles. The van der Waals surface area contributed by atoms with Crippen LogP contribution in [0.3, 0.4) is 0 Å². The van der Waals surface area contributed by atoms with Crippen LogP contribution in [-0.4, -0.2) is 65.7 Å². The Hall–Kier alpha value is -1.30. The van der Waals surface area contributed by atoms with E-state index in [4.69, 9.17) is 5.11 Å². The van der Waals surface area contributed by atoms with E-state index in [1.54, 1.807) is 4.90 Å². The molecule has 0 aliphatic carbocycles. The minimum Gasteiger partial charge on any atom is -0.480 e. The van der Waals surface area contributed by atoms with Crippen molar-refractivity contribution in [2.45, 2.75) is 51.6 Å². The molecule has 0 radical (unpaired) electrons. The minimum atomic E-state index is -0.952.